The lowest BCUT2D eigenvalue weighted by Crippen LogP contribution is -2.63. The van der Waals surface area contributed by atoms with Crippen molar-refractivity contribution in [2.45, 2.75) is 30.7 Å². The molecular formula is C31H37IOSi2. The van der Waals surface area contributed by atoms with Crippen LogP contribution in [-0.2, 0) is 0 Å². The van der Waals surface area contributed by atoms with Gasteiger partial charge in [-0.15, -0.1) is 19.7 Å². The SMILES string of the molecule is C=CC[Si](CI)(CC=C)C[Si](CC=C)(c1ccc(OCC)cc1)c1ccccc1-c1ccccc1. The lowest BCUT2D eigenvalue weighted by atomic mass is 10.1. The highest BCUT2D eigenvalue weighted by atomic mass is 127. The van der Waals surface area contributed by atoms with E-state index in [4.69, 9.17) is 4.74 Å². The zero-order valence-corrected chi connectivity index (χ0v) is 25.0. The van der Waals surface area contributed by atoms with Gasteiger partial charge in [0.25, 0.3) is 0 Å². The number of rotatable bonds is 14. The summed E-state index contributed by atoms with van der Waals surface area (Å²) in [6.45, 7) is 15.3. The Kier molecular flexibility index (Phi) is 10.4. The summed E-state index contributed by atoms with van der Waals surface area (Å²) in [5.41, 5.74) is 3.87. The summed E-state index contributed by atoms with van der Waals surface area (Å²) >= 11 is 2.64. The van der Waals surface area contributed by atoms with Crippen LogP contribution in [0.1, 0.15) is 6.92 Å². The van der Waals surface area contributed by atoms with Crippen LogP contribution in [0, 0.1) is 0 Å². The first-order chi connectivity index (χ1) is 17.1. The molecule has 0 aliphatic carbocycles. The Hall–Kier alpha value is -2.16. The van der Waals surface area contributed by atoms with Crippen molar-refractivity contribution in [1.29, 1.82) is 0 Å². The van der Waals surface area contributed by atoms with Gasteiger partial charge in [0.2, 0.25) is 0 Å². The zero-order chi connectivity index (χ0) is 25.2. The average Bonchev–Trinajstić information content (AvgIpc) is 2.90. The first-order valence-corrected chi connectivity index (χ1v) is 19.1. The van der Waals surface area contributed by atoms with Gasteiger partial charge in [0.15, 0.2) is 0 Å². The molecule has 0 aromatic heterocycles. The van der Waals surface area contributed by atoms with E-state index < -0.39 is 16.1 Å². The highest BCUT2D eigenvalue weighted by Gasteiger charge is 2.45. The Bertz CT molecular complexity index is 1100. The molecule has 3 rings (SSSR count). The molecule has 0 N–H and O–H groups in total. The molecule has 0 fully saturated rings. The van der Waals surface area contributed by atoms with E-state index in [0.29, 0.717) is 6.61 Å². The van der Waals surface area contributed by atoms with Gasteiger partial charge in [-0.25, -0.2) is 0 Å². The summed E-state index contributed by atoms with van der Waals surface area (Å²) in [4.78, 5) is 0. The van der Waals surface area contributed by atoms with E-state index >= 15 is 0 Å². The number of halogens is 1. The quantitative estimate of drug-likeness (QED) is 0.0785. The zero-order valence-electron chi connectivity index (χ0n) is 20.9. The maximum Gasteiger partial charge on any atom is 0.120 e. The Labute approximate surface area is 227 Å². The molecule has 0 spiro atoms. The third kappa shape index (κ3) is 6.35. The van der Waals surface area contributed by atoms with Gasteiger partial charge in [-0.05, 0) is 57.6 Å². The van der Waals surface area contributed by atoms with Crippen LogP contribution >= 0.6 is 22.6 Å². The maximum absolute atomic E-state index is 5.81. The molecule has 0 bridgehead atoms. The molecule has 4 heteroatoms. The van der Waals surface area contributed by atoms with Crippen molar-refractivity contribution < 1.29 is 4.74 Å². The van der Waals surface area contributed by atoms with Gasteiger partial charge < -0.3 is 4.74 Å². The van der Waals surface area contributed by atoms with E-state index in [1.807, 2.05) is 6.92 Å². The number of ether oxygens (including phenoxy) is 1. The Morgan fingerprint density at radius 3 is 1.94 bits per heavy atom. The number of alkyl halides is 1. The predicted molar refractivity (Wildman–Crippen MR) is 169 cm³/mol. The average molecular weight is 609 g/mol. The van der Waals surface area contributed by atoms with Gasteiger partial charge in [0.1, 0.15) is 13.8 Å². The summed E-state index contributed by atoms with van der Waals surface area (Å²) in [6.07, 6.45) is 6.48. The lowest BCUT2D eigenvalue weighted by molar-refractivity contribution is 0.340. The van der Waals surface area contributed by atoms with Gasteiger partial charge in [0, 0.05) is 0 Å². The summed E-state index contributed by atoms with van der Waals surface area (Å²) in [5.74, 6) is 0.934. The van der Waals surface area contributed by atoms with Gasteiger partial charge in [-0.1, -0.05) is 118 Å². The van der Waals surface area contributed by atoms with E-state index in [9.17, 15) is 0 Å². The predicted octanol–water partition coefficient (Wildman–Crippen LogP) is 7.84. The van der Waals surface area contributed by atoms with Crippen LogP contribution in [0.4, 0.5) is 0 Å². The molecular weight excluding hydrogens is 571 g/mol. The third-order valence-electron chi connectivity index (χ3n) is 6.85. The topological polar surface area (TPSA) is 9.23 Å². The van der Waals surface area contributed by atoms with Crippen molar-refractivity contribution in [2.24, 2.45) is 0 Å². The standard InChI is InChI=1S/C31H37IOSi2/c1-5-22-34(25-32,23-6-2)26-35(24-7-3,29-20-18-28(19-21-29)33-8-4)31-17-13-12-16-30(31)27-14-10-9-11-15-27/h5-7,9-21H,1-3,8,22-26H2,4H3. The second kappa shape index (κ2) is 13.2. The fourth-order valence-corrected chi connectivity index (χ4v) is 23.3. The second-order valence-electron chi connectivity index (χ2n) is 9.24. The Balaban J connectivity index is 2.32. The van der Waals surface area contributed by atoms with E-state index in [2.05, 4.69) is 139 Å². The van der Waals surface area contributed by atoms with E-state index in [1.165, 1.54) is 31.2 Å². The maximum atomic E-state index is 5.81. The van der Waals surface area contributed by atoms with Crippen LogP contribution in [0.25, 0.3) is 11.1 Å². The van der Waals surface area contributed by atoms with Crippen LogP contribution in [-0.4, -0.2) is 26.8 Å². The number of hydrogen-bond donors (Lipinski definition) is 0. The van der Waals surface area contributed by atoms with Crippen molar-refractivity contribution in [1.82, 2.24) is 0 Å². The molecule has 0 aliphatic heterocycles. The number of hydrogen-bond acceptors (Lipinski definition) is 1. The smallest absolute Gasteiger partial charge is 0.120 e. The highest BCUT2D eigenvalue weighted by Crippen LogP contribution is 2.34. The van der Waals surface area contributed by atoms with E-state index in [1.54, 1.807) is 0 Å². The third-order valence-corrected chi connectivity index (χ3v) is 23.9. The second-order valence-corrected chi connectivity index (χ2v) is 20.7. The largest absolute Gasteiger partial charge is 0.494 e. The molecule has 1 atom stereocenters. The minimum atomic E-state index is -2.26. The van der Waals surface area contributed by atoms with E-state index in [-0.39, 0.29) is 0 Å². The van der Waals surface area contributed by atoms with Crippen LogP contribution < -0.4 is 15.1 Å². The Morgan fingerprint density at radius 2 is 1.37 bits per heavy atom. The normalized spacial score (nSPS) is 13.0. The van der Waals surface area contributed by atoms with Crippen molar-refractivity contribution in [3.8, 4) is 16.9 Å². The molecule has 0 heterocycles. The molecule has 0 saturated carbocycles. The Morgan fingerprint density at radius 1 is 0.771 bits per heavy atom. The van der Waals surface area contributed by atoms with Crippen LogP contribution in [0.5, 0.6) is 5.75 Å². The first-order valence-electron chi connectivity index (χ1n) is 12.3. The fourth-order valence-electron chi connectivity index (χ4n) is 5.34. The molecule has 3 aromatic rings. The lowest BCUT2D eigenvalue weighted by Gasteiger charge is -2.41. The van der Waals surface area contributed by atoms with Gasteiger partial charge in [0.05, 0.1) is 14.7 Å². The van der Waals surface area contributed by atoms with Crippen LogP contribution in [0.2, 0.25) is 23.8 Å². The van der Waals surface area contributed by atoms with Gasteiger partial charge in [-0.3, -0.25) is 0 Å². The fraction of sp³-hybridized carbons (Fsp3) is 0.226. The molecule has 0 radical (unpaired) electrons. The molecule has 3 aromatic carbocycles. The molecule has 35 heavy (non-hydrogen) atoms. The summed E-state index contributed by atoms with van der Waals surface area (Å²) in [5, 5.41) is 2.96. The molecule has 0 saturated heterocycles. The summed E-state index contributed by atoms with van der Waals surface area (Å²) < 4.78 is 7.00. The van der Waals surface area contributed by atoms with Crippen molar-refractivity contribution in [3.63, 3.8) is 0 Å². The van der Waals surface area contributed by atoms with E-state index in [0.717, 1.165) is 23.9 Å². The minimum Gasteiger partial charge on any atom is -0.494 e. The summed E-state index contributed by atoms with van der Waals surface area (Å²) in [7, 11) is -3.99. The first kappa shape index (κ1) is 27.4. The molecule has 0 aliphatic rings. The molecule has 0 amide bonds. The molecule has 1 nitrogen and oxygen atoms in total. The highest BCUT2D eigenvalue weighted by molar-refractivity contribution is 14.1. The number of benzene rings is 3. The van der Waals surface area contributed by atoms with Crippen molar-refractivity contribution in [2.75, 3.05) is 10.7 Å². The minimum absolute atomic E-state index is 0.676. The molecule has 182 valence electrons. The van der Waals surface area contributed by atoms with Gasteiger partial charge in [-0.2, -0.15) is 0 Å². The monoisotopic (exact) mass is 608 g/mol. The molecule has 1 unspecified atom stereocenters. The van der Waals surface area contributed by atoms with Crippen LogP contribution in [0.3, 0.4) is 0 Å². The number of allylic oxidation sites excluding steroid dienone is 3. The summed E-state index contributed by atoms with van der Waals surface area (Å²) in [6, 6.07) is 32.1. The van der Waals surface area contributed by atoms with Crippen LogP contribution in [0.15, 0.2) is 117 Å². The van der Waals surface area contributed by atoms with Gasteiger partial charge >= 0.3 is 0 Å². The van der Waals surface area contributed by atoms with Crippen molar-refractivity contribution >= 4 is 49.1 Å². The van der Waals surface area contributed by atoms with Crippen molar-refractivity contribution in [3.05, 3.63) is 117 Å².